The van der Waals surface area contributed by atoms with E-state index in [4.69, 9.17) is 10.6 Å². The van der Waals surface area contributed by atoms with Crippen LogP contribution in [0.15, 0.2) is 24.3 Å². The number of quaternary nitrogens is 1. The number of rotatable bonds is 9. The van der Waals surface area contributed by atoms with Crippen molar-refractivity contribution in [1.29, 1.82) is 0 Å². The third kappa shape index (κ3) is 5.59. The quantitative estimate of drug-likeness (QED) is 0.705. The molecule has 4 heteroatoms. The fraction of sp³-hybridized carbons (Fsp3) is 0.625. The largest absolute Gasteiger partial charge is 0.448 e. The highest BCUT2D eigenvalue weighted by atomic mass is 16.5. The minimum absolute atomic E-state index is 0.532. The lowest BCUT2D eigenvalue weighted by atomic mass is 10.0. The molecule has 0 aromatic heterocycles. The number of hydrogen-bond donors (Lipinski definition) is 1. The molecule has 0 bridgehead atoms. The molecule has 0 saturated heterocycles. The van der Waals surface area contributed by atoms with Gasteiger partial charge in [-0.1, -0.05) is 39.0 Å². The highest BCUT2D eigenvalue weighted by molar-refractivity contribution is 5.25. The maximum absolute atomic E-state index is 8.31. The van der Waals surface area contributed by atoms with E-state index in [1.54, 1.807) is 7.11 Å². The van der Waals surface area contributed by atoms with Gasteiger partial charge in [-0.3, -0.25) is 0 Å². The monoisotopic (exact) mass is 279 g/mol. The Hall–Kier alpha value is -0.940. The standard InChI is InChI=1S/C16H29N3O/c1-5-9-18(10-11-20-4)19(17)13-15-7-6-8-16(12-15)14(2)3/h6-8,12,14,17,19H,5,9-11,13H2,1-4H3. The van der Waals surface area contributed by atoms with Gasteiger partial charge in [0.05, 0.1) is 13.2 Å². The van der Waals surface area contributed by atoms with Gasteiger partial charge in [0, 0.05) is 19.2 Å². The summed E-state index contributed by atoms with van der Waals surface area (Å²) in [5, 5.41) is 2.80. The summed E-state index contributed by atoms with van der Waals surface area (Å²) < 4.78 is 5.13. The zero-order chi connectivity index (χ0) is 15.0. The summed E-state index contributed by atoms with van der Waals surface area (Å²) in [6, 6.07) is 8.59. The van der Waals surface area contributed by atoms with E-state index in [1.165, 1.54) is 11.1 Å². The third-order valence-corrected chi connectivity index (χ3v) is 3.43. The number of hydrogen-bond acceptors (Lipinski definition) is 2. The molecule has 0 aliphatic carbocycles. The van der Waals surface area contributed by atoms with Crippen LogP contribution in [0.3, 0.4) is 0 Å². The molecule has 0 aliphatic rings. The molecular formula is C16H29N3O. The van der Waals surface area contributed by atoms with Crippen LogP contribution in [-0.2, 0) is 11.3 Å². The van der Waals surface area contributed by atoms with E-state index in [0.29, 0.717) is 24.2 Å². The van der Waals surface area contributed by atoms with Gasteiger partial charge in [0.15, 0.2) is 0 Å². The van der Waals surface area contributed by atoms with Crippen molar-refractivity contribution in [2.24, 2.45) is 0 Å². The summed E-state index contributed by atoms with van der Waals surface area (Å²) in [4.78, 5) is 0. The van der Waals surface area contributed by atoms with Gasteiger partial charge in [0.2, 0.25) is 0 Å². The SMILES string of the molecule is CCCN(CCOC)[NH+]([NH-])Cc1cccc(C(C)C)c1. The highest BCUT2D eigenvalue weighted by Gasteiger charge is 2.11. The molecule has 0 aliphatic heterocycles. The summed E-state index contributed by atoms with van der Waals surface area (Å²) in [5.41, 5.74) is 2.56. The normalized spacial score (nSPS) is 13.2. The average molecular weight is 279 g/mol. The van der Waals surface area contributed by atoms with Gasteiger partial charge in [-0.05, 0) is 24.0 Å². The summed E-state index contributed by atoms with van der Waals surface area (Å²) in [7, 11) is 1.71. The van der Waals surface area contributed by atoms with Crippen LogP contribution in [0.4, 0.5) is 0 Å². The number of nitrogens with one attached hydrogen (secondary N) is 2. The Morgan fingerprint density at radius 2 is 2.05 bits per heavy atom. The molecule has 114 valence electrons. The molecule has 1 unspecified atom stereocenters. The lowest BCUT2D eigenvalue weighted by Gasteiger charge is -2.33. The van der Waals surface area contributed by atoms with Crippen LogP contribution < -0.4 is 5.12 Å². The summed E-state index contributed by atoms with van der Waals surface area (Å²) in [6.45, 7) is 9.64. The van der Waals surface area contributed by atoms with Crippen molar-refractivity contribution in [2.75, 3.05) is 26.8 Å². The number of nitrogens with zero attached hydrogens (tertiary/aromatic N) is 1. The fourth-order valence-corrected chi connectivity index (χ4v) is 2.22. The maximum atomic E-state index is 8.31. The highest BCUT2D eigenvalue weighted by Crippen LogP contribution is 2.15. The lowest BCUT2D eigenvalue weighted by molar-refractivity contribution is -0.985. The van der Waals surface area contributed by atoms with E-state index in [0.717, 1.165) is 19.5 Å². The van der Waals surface area contributed by atoms with Crippen molar-refractivity contribution < 1.29 is 9.85 Å². The van der Waals surface area contributed by atoms with Gasteiger partial charge < -0.3 is 15.7 Å². The second kappa shape index (κ2) is 9.08. The summed E-state index contributed by atoms with van der Waals surface area (Å²) >= 11 is 0. The first-order valence-electron chi connectivity index (χ1n) is 7.48. The molecule has 0 saturated carbocycles. The topological polar surface area (TPSA) is 40.7 Å². The first-order valence-corrected chi connectivity index (χ1v) is 7.48. The van der Waals surface area contributed by atoms with Gasteiger partial charge in [-0.2, -0.15) is 5.01 Å². The minimum atomic E-state index is 0.532. The predicted octanol–water partition coefficient (Wildman–Crippen LogP) is 2.44. The number of ether oxygens (including phenoxy) is 1. The van der Waals surface area contributed by atoms with E-state index in [2.05, 4.69) is 50.0 Å². The molecule has 0 fully saturated rings. The molecule has 0 spiro atoms. The molecule has 0 amide bonds. The summed E-state index contributed by atoms with van der Waals surface area (Å²) in [6.07, 6.45) is 1.05. The Morgan fingerprint density at radius 3 is 2.65 bits per heavy atom. The molecule has 4 nitrogen and oxygen atoms in total. The van der Waals surface area contributed by atoms with Gasteiger partial charge in [0.25, 0.3) is 0 Å². The van der Waals surface area contributed by atoms with Gasteiger partial charge in [-0.15, -0.1) is 0 Å². The van der Waals surface area contributed by atoms with E-state index >= 15 is 0 Å². The van der Waals surface area contributed by atoms with Crippen LogP contribution in [0.1, 0.15) is 44.2 Å². The summed E-state index contributed by atoms with van der Waals surface area (Å²) in [5.74, 6) is 8.85. The second-order valence-electron chi connectivity index (χ2n) is 5.50. The molecular weight excluding hydrogens is 250 g/mol. The van der Waals surface area contributed by atoms with Crippen molar-refractivity contribution in [3.8, 4) is 0 Å². The Kier molecular flexibility index (Phi) is 7.77. The van der Waals surface area contributed by atoms with Crippen molar-refractivity contribution in [3.05, 3.63) is 41.2 Å². The van der Waals surface area contributed by atoms with E-state index in [-0.39, 0.29) is 0 Å². The van der Waals surface area contributed by atoms with E-state index in [1.807, 2.05) is 0 Å². The minimum Gasteiger partial charge on any atom is -0.448 e. The zero-order valence-corrected chi connectivity index (χ0v) is 13.3. The van der Waals surface area contributed by atoms with E-state index < -0.39 is 0 Å². The van der Waals surface area contributed by atoms with Gasteiger partial charge in [-0.25, -0.2) is 0 Å². The number of methoxy groups -OCH3 is 1. The Labute approximate surface area is 123 Å². The van der Waals surface area contributed by atoms with Gasteiger partial charge >= 0.3 is 0 Å². The molecule has 1 rings (SSSR count). The predicted molar refractivity (Wildman–Crippen MR) is 83.3 cm³/mol. The van der Waals surface area contributed by atoms with Crippen LogP contribution in [0, 0.1) is 0 Å². The van der Waals surface area contributed by atoms with Gasteiger partial charge in [0.1, 0.15) is 6.54 Å². The van der Waals surface area contributed by atoms with Crippen molar-refractivity contribution in [1.82, 2.24) is 5.01 Å². The lowest BCUT2D eigenvalue weighted by Crippen LogP contribution is -3.11. The van der Waals surface area contributed by atoms with Crippen molar-refractivity contribution in [2.45, 2.75) is 39.7 Å². The van der Waals surface area contributed by atoms with Crippen LogP contribution in [0.2, 0.25) is 0 Å². The molecule has 0 radical (unpaired) electrons. The van der Waals surface area contributed by atoms with Crippen LogP contribution >= 0.6 is 0 Å². The van der Waals surface area contributed by atoms with Crippen LogP contribution in [0.25, 0.3) is 5.84 Å². The average Bonchev–Trinajstić information content (AvgIpc) is 2.43. The molecule has 1 aromatic carbocycles. The van der Waals surface area contributed by atoms with Crippen LogP contribution in [-0.4, -0.2) is 31.8 Å². The molecule has 2 N–H and O–H groups in total. The Balaban J connectivity index is 2.66. The van der Waals surface area contributed by atoms with Crippen molar-refractivity contribution >= 4 is 0 Å². The second-order valence-corrected chi connectivity index (χ2v) is 5.50. The first kappa shape index (κ1) is 17.1. The van der Waals surface area contributed by atoms with Crippen LogP contribution in [0.5, 0.6) is 0 Å². The maximum Gasteiger partial charge on any atom is 0.111 e. The third-order valence-electron chi connectivity index (χ3n) is 3.43. The number of benzene rings is 1. The fourth-order valence-electron chi connectivity index (χ4n) is 2.22. The Morgan fingerprint density at radius 1 is 1.30 bits per heavy atom. The molecule has 20 heavy (non-hydrogen) atoms. The molecule has 1 aromatic rings. The van der Waals surface area contributed by atoms with E-state index in [9.17, 15) is 0 Å². The van der Waals surface area contributed by atoms with Crippen molar-refractivity contribution in [3.63, 3.8) is 0 Å². The molecule has 1 atom stereocenters. The zero-order valence-electron chi connectivity index (χ0n) is 13.3. The Bertz CT molecular complexity index is 382. The first-order chi connectivity index (χ1) is 9.58. The molecule has 0 heterocycles. The smallest absolute Gasteiger partial charge is 0.111 e.